The number of piperidine rings is 1. The minimum absolute atomic E-state index is 0.227. The van der Waals surface area contributed by atoms with Crippen LogP contribution in [0.2, 0.25) is 0 Å². The quantitative estimate of drug-likeness (QED) is 0.819. The number of nitrogens with zero attached hydrogens (tertiary/aromatic N) is 1. The van der Waals surface area contributed by atoms with Crippen molar-refractivity contribution < 1.29 is 0 Å². The molecule has 1 saturated heterocycles. The second-order valence-corrected chi connectivity index (χ2v) is 6.73. The minimum Gasteiger partial charge on any atom is -0.344 e. The van der Waals surface area contributed by atoms with E-state index in [9.17, 15) is 0 Å². The molecule has 1 aromatic heterocycles. The monoisotopic (exact) mass is 256 g/mol. The summed E-state index contributed by atoms with van der Waals surface area (Å²) < 4.78 is 2.47. The molecule has 0 unspecified atom stereocenters. The SMILES string of the molecule is CC(C)(C)c1ccc2c(ccn2C2CCNCC2)c1. The van der Waals surface area contributed by atoms with Gasteiger partial charge in [-0.2, -0.15) is 0 Å². The van der Waals surface area contributed by atoms with E-state index in [1.54, 1.807) is 0 Å². The molecule has 102 valence electrons. The summed E-state index contributed by atoms with van der Waals surface area (Å²) in [4.78, 5) is 0. The number of hydrogen-bond acceptors (Lipinski definition) is 1. The van der Waals surface area contributed by atoms with Crippen LogP contribution >= 0.6 is 0 Å². The molecule has 2 heterocycles. The lowest BCUT2D eigenvalue weighted by atomic mass is 9.86. The van der Waals surface area contributed by atoms with Crippen molar-refractivity contribution in [2.45, 2.75) is 45.1 Å². The van der Waals surface area contributed by atoms with Gasteiger partial charge in [-0.1, -0.05) is 26.8 Å². The Hall–Kier alpha value is -1.28. The maximum absolute atomic E-state index is 3.44. The lowest BCUT2D eigenvalue weighted by molar-refractivity contribution is 0.376. The van der Waals surface area contributed by atoms with Crippen molar-refractivity contribution in [3.05, 3.63) is 36.0 Å². The van der Waals surface area contributed by atoms with Crippen LogP contribution < -0.4 is 5.32 Å². The molecule has 0 spiro atoms. The van der Waals surface area contributed by atoms with Crippen LogP contribution in [-0.4, -0.2) is 17.7 Å². The van der Waals surface area contributed by atoms with Gasteiger partial charge in [-0.05, 0) is 60.5 Å². The molecule has 0 bridgehead atoms. The average Bonchev–Trinajstić information content (AvgIpc) is 2.81. The van der Waals surface area contributed by atoms with Gasteiger partial charge in [-0.3, -0.25) is 0 Å². The third-order valence-electron chi connectivity index (χ3n) is 4.29. The summed E-state index contributed by atoms with van der Waals surface area (Å²) in [6.07, 6.45) is 4.75. The molecule has 0 saturated carbocycles. The second kappa shape index (κ2) is 4.68. The first-order chi connectivity index (χ1) is 9.05. The van der Waals surface area contributed by atoms with Gasteiger partial charge in [0, 0.05) is 17.8 Å². The summed E-state index contributed by atoms with van der Waals surface area (Å²) >= 11 is 0. The third kappa shape index (κ3) is 2.42. The highest BCUT2D eigenvalue weighted by atomic mass is 15.0. The Balaban J connectivity index is 2.00. The molecule has 0 radical (unpaired) electrons. The Labute approximate surface area is 115 Å². The molecule has 0 atom stereocenters. The number of rotatable bonds is 1. The lowest BCUT2D eigenvalue weighted by Gasteiger charge is -2.25. The fraction of sp³-hybridized carbons (Fsp3) is 0.529. The fourth-order valence-corrected chi connectivity index (χ4v) is 3.03. The van der Waals surface area contributed by atoms with Crippen LogP contribution in [0.5, 0.6) is 0 Å². The van der Waals surface area contributed by atoms with Crippen molar-refractivity contribution in [2.75, 3.05) is 13.1 Å². The smallest absolute Gasteiger partial charge is 0.0483 e. The first kappa shape index (κ1) is 12.7. The van der Waals surface area contributed by atoms with E-state index in [1.807, 2.05) is 0 Å². The van der Waals surface area contributed by atoms with Gasteiger partial charge in [0.2, 0.25) is 0 Å². The summed E-state index contributed by atoms with van der Waals surface area (Å²) in [5.74, 6) is 0. The molecule has 0 aliphatic carbocycles. The average molecular weight is 256 g/mol. The Bertz CT molecular complexity index is 568. The first-order valence-electron chi connectivity index (χ1n) is 7.37. The zero-order chi connectivity index (χ0) is 13.5. The van der Waals surface area contributed by atoms with Gasteiger partial charge in [-0.25, -0.2) is 0 Å². The maximum atomic E-state index is 3.44. The largest absolute Gasteiger partial charge is 0.344 e. The molecular formula is C17H24N2. The molecule has 1 aliphatic rings. The highest BCUT2D eigenvalue weighted by Crippen LogP contribution is 2.30. The van der Waals surface area contributed by atoms with Gasteiger partial charge in [0.25, 0.3) is 0 Å². The summed E-state index contributed by atoms with van der Waals surface area (Å²) in [5.41, 5.74) is 3.04. The molecule has 1 N–H and O–H groups in total. The Morgan fingerprint density at radius 2 is 1.84 bits per heavy atom. The predicted molar refractivity (Wildman–Crippen MR) is 81.8 cm³/mol. The first-order valence-corrected chi connectivity index (χ1v) is 7.37. The van der Waals surface area contributed by atoms with E-state index >= 15 is 0 Å². The Morgan fingerprint density at radius 3 is 2.53 bits per heavy atom. The van der Waals surface area contributed by atoms with Crippen LogP contribution in [-0.2, 0) is 5.41 Å². The van der Waals surface area contributed by atoms with Crippen LogP contribution in [0.1, 0.15) is 45.2 Å². The molecule has 1 aliphatic heterocycles. The molecule has 0 amide bonds. The normalized spacial score (nSPS) is 18.1. The number of nitrogens with one attached hydrogen (secondary N) is 1. The van der Waals surface area contributed by atoms with Crippen LogP contribution in [0.3, 0.4) is 0 Å². The molecule has 2 heteroatoms. The maximum Gasteiger partial charge on any atom is 0.0483 e. The summed E-state index contributed by atoms with van der Waals surface area (Å²) in [5, 5.41) is 4.82. The molecule has 2 aromatic rings. The van der Waals surface area contributed by atoms with E-state index in [1.165, 1.54) is 29.3 Å². The molecular weight excluding hydrogens is 232 g/mol. The molecule has 19 heavy (non-hydrogen) atoms. The van der Waals surface area contributed by atoms with E-state index in [2.05, 4.69) is 61.1 Å². The number of benzene rings is 1. The highest BCUT2D eigenvalue weighted by molar-refractivity contribution is 5.81. The summed E-state index contributed by atoms with van der Waals surface area (Å²) in [6, 6.07) is 9.89. The van der Waals surface area contributed by atoms with Gasteiger partial charge in [0.05, 0.1) is 0 Å². The van der Waals surface area contributed by atoms with Crippen molar-refractivity contribution in [2.24, 2.45) is 0 Å². The van der Waals surface area contributed by atoms with Gasteiger partial charge in [-0.15, -0.1) is 0 Å². The van der Waals surface area contributed by atoms with E-state index in [-0.39, 0.29) is 5.41 Å². The zero-order valence-electron chi connectivity index (χ0n) is 12.2. The predicted octanol–water partition coefficient (Wildman–Crippen LogP) is 3.86. The molecule has 1 aromatic carbocycles. The van der Waals surface area contributed by atoms with Crippen molar-refractivity contribution in [3.63, 3.8) is 0 Å². The molecule has 1 fully saturated rings. The zero-order valence-corrected chi connectivity index (χ0v) is 12.2. The van der Waals surface area contributed by atoms with Crippen LogP contribution in [0.15, 0.2) is 30.5 Å². The number of aromatic nitrogens is 1. The Morgan fingerprint density at radius 1 is 1.11 bits per heavy atom. The third-order valence-corrected chi connectivity index (χ3v) is 4.29. The molecule has 2 nitrogen and oxygen atoms in total. The van der Waals surface area contributed by atoms with Crippen LogP contribution in [0.25, 0.3) is 10.9 Å². The van der Waals surface area contributed by atoms with Gasteiger partial charge in [0.15, 0.2) is 0 Å². The summed E-state index contributed by atoms with van der Waals surface area (Å²) in [6.45, 7) is 9.11. The van der Waals surface area contributed by atoms with Crippen LogP contribution in [0.4, 0.5) is 0 Å². The highest BCUT2D eigenvalue weighted by Gasteiger charge is 2.18. The summed E-state index contributed by atoms with van der Waals surface area (Å²) in [7, 11) is 0. The van der Waals surface area contributed by atoms with Crippen molar-refractivity contribution >= 4 is 10.9 Å². The van der Waals surface area contributed by atoms with E-state index in [0.717, 1.165) is 13.1 Å². The van der Waals surface area contributed by atoms with Crippen LogP contribution in [0, 0.1) is 0 Å². The van der Waals surface area contributed by atoms with E-state index in [4.69, 9.17) is 0 Å². The van der Waals surface area contributed by atoms with Crippen molar-refractivity contribution in [1.29, 1.82) is 0 Å². The Kier molecular flexibility index (Phi) is 3.14. The minimum atomic E-state index is 0.227. The van der Waals surface area contributed by atoms with E-state index < -0.39 is 0 Å². The number of hydrogen-bond donors (Lipinski definition) is 1. The molecule has 3 rings (SSSR count). The van der Waals surface area contributed by atoms with E-state index in [0.29, 0.717) is 6.04 Å². The topological polar surface area (TPSA) is 17.0 Å². The van der Waals surface area contributed by atoms with Gasteiger partial charge in [0.1, 0.15) is 0 Å². The second-order valence-electron chi connectivity index (χ2n) is 6.73. The lowest BCUT2D eigenvalue weighted by Crippen LogP contribution is -2.29. The standard InChI is InChI=1S/C17H24N2/c1-17(2,3)14-4-5-16-13(12-14)8-11-19(16)15-6-9-18-10-7-15/h4-5,8,11-12,15,18H,6-7,9-10H2,1-3H3. The fourth-order valence-electron chi connectivity index (χ4n) is 3.03. The van der Waals surface area contributed by atoms with Crippen molar-refractivity contribution in [1.82, 2.24) is 9.88 Å². The van der Waals surface area contributed by atoms with Gasteiger partial charge < -0.3 is 9.88 Å². The number of fused-ring (bicyclic) bond motifs is 1. The van der Waals surface area contributed by atoms with Gasteiger partial charge >= 0.3 is 0 Å². The van der Waals surface area contributed by atoms with Crippen molar-refractivity contribution in [3.8, 4) is 0 Å².